The maximum absolute atomic E-state index is 11.7. The monoisotopic (exact) mass is 395 g/mol. The highest BCUT2D eigenvalue weighted by Gasteiger charge is 2.21. The van der Waals surface area contributed by atoms with Gasteiger partial charge in [-0.15, -0.1) is 0 Å². The van der Waals surface area contributed by atoms with E-state index in [-0.39, 0.29) is 10.9 Å². The minimum Gasteiger partial charge on any atom is -0.363 e. The third kappa shape index (κ3) is 3.74. The molecule has 3 N–H and O–H groups in total. The molecule has 0 fully saturated rings. The maximum atomic E-state index is 11.7. The quantitative estimate of drug-likeness (QED) is 0.687. The Morgan fingerprint density at radius 2 is 2.00 bits per heavy atom. The lowest BCUT2D eigenvalue weighted by atomic mass is 10.1. The predicted octanol–water partition coefficient (Wildman–Crippen LogP) is 2.85. The van der Waals surface area contributed by atoms with Crippen LogP contribution < -0.4 is 10.5 Å². The van der Waals surface area contributed by atoms with Gasteiger partial charge in [-0.1, -0.05) is 12.1 Å². The Morgan fingerprint density at radius 1 is 1.14 bits per heavy atom. The normalized spacial score (nSPS) is 14.5. The number of nitrogens with two attached hydrogens (primary N) is 1. The van der Waals surface area contributed by atoms with E-state index >= 15 is 0 Å². The highest BCUT2D eigenvalue weighted by Crippen LogP contribution is 2.31. The van der Waals surface area contributed by atoms with E-state index in [2.05, 4.69) is 10.3 Å². The smallest absolute Gasteiger partial charge is 0.238 e. The standard InChI is InChI=1S/C20H21N5O2S/c1-13(14-5-2-7-16(11-14)28(21,26)27)23-20-17-8-3-9-18(17)24-19(25-20)15-6-4-10-22-12-15/h2,4-7,10-13H,3,8-9H2,1H3,(H2,21,26,27)(H,23,24,25). The van der Waals surface area contributed by atoms with Crippen LogP contribution in [0.1, 0.15) is 36.2 Å². The van der Waals surface area contributed by atoms with Crippen LogP contribution in [0.25, 0.3) is 11.4 Å². The fourth-order valence-electron chi connectivity index (χ4n) is 3.43. The van der Waals surface area contributed by atoms with E-state index in [1.807, 2.05) is 25.1 Å². The summed E-state index contributed by atoms with van der Waals surface area (Å²) < 4.78 is 23.3. The minimum absolute atomic E-state index is 0.0996. The fraction of sp³-hybridized carbons (Fsp3) is 0.250. The molecule has 2 heterocycles. The van der Waals surface area contributed by atoms with Crippen molar-refractivity contribution in [2.24, 2.45) is 5.14 Å². The van der Waals surface area contributed by atoms with Gasteiger partial charge in [0.1, 0.15) is 5.82 Å². The molecule has 1 atom stereocenters. The second kappa shape index (κ2) is 7.29. The Hall–Kier alpha value is -2.84. The Morgan fingerprint density at radius 3 is 2.75 bits per heavy atom. The SMILES string of the molecule is CC(Nc1nc(-c2cccnc2)nc2c1CCC2)c1cccc(S(N)(=O)=O)c1. The van der Waals surface area contributed by atoms with E-state index in [0.717, 1.165) is 47.5 Å². The number of aryl methyl sites for hydroxylation is 1. The molecule has 28 heavy (non-hydrogen) atoms. The summed E-state index contributed by atoms with van der Waals surface area (Å²) in [5.41, 5.74) is 3.87. The van der Waals surface area contributed by atoms with Crippen LogP contribution in [0.3, 0.4) is 0 Å². The molecule has 1 aromatic carbocycles. The Bertz CT molecular complexity index is 1120. The van der Waals surface area contributed by atoms with Gasteiger partial charge in [-0.2, -0.15) is 0 Å². The number of fused-ring (bicyclic) bond motifs is 1. The van der Waals surface area contributed by atoms with Crippen molar-refractivity contribution < 1.29 is 8.42 Å². The molecular formula is C20H21N5O2S. The van der Waals surface area contributed by atoms with Crippen molar-refractivity contribution in [3.05, 3.63) is 65.6 Å². The predicted molar refractivity (Wildman–Crippen MR) is 107 cm³/mol. The lowest BCUT2D eigenvalue weighted by Crippen LogP contribution is -2.15. The van der Waals surface area contributed by atoms with Gasteiger partial charge in [0, 0.05) is 35.3 Å². The molecule has 0 saturated carbocycles. The molecule has 8 heteroatoms. The van der Waals surface area contributed by atoms with E-state index in [1.165, 1.54) is 6.07 Å². The lowest BCUT2D eigenvalue weighted by molar-refractivity contribution is 0.597. The van der Waals surface area contributed by atoms with E-state index in [9.17, 15) is 8.42 Å². The molecule has 1 unspecified atom stereocenters. The third-order valence-corrected chi connectivity index (χ3v) is 5.80. The molecule has 3 aromatic rings. The van der Waals surface area contributed by atoms with Gasteiger partial charge < -0.3 is 5.32 Å². The zero-order chi connectivity index (χ0) is 19.7. The van der Waals surface area contributed by atoms with E-state index < -0.39 is 10.0 Å². The first-order valence-electron chi connectivity index (χ1n) is 9.11. The zero-order valence-corrected chi connectivity index (χ0v) is 16.3. The number of pyridine rings is 1. The number of primary sulfonamides is 1. The molecule has 144 valence electrons. The summed E-state index contributed by atoms with van der Waals surface area (Å²) in [7, 11) is -3.74. The summed E-state index contributed by atoms with van der Waals surface area (Å²) in [6.07, 6.45) is 6.37. The van der Waals surface area contributed by atoms with Crippen LogP contribution in [-0.4, -0.2) is 23.4 Å². The first-order chi connectivity index (χ1) is 13.4. The van der Waals surface area contributed by atoms with Crippen LogP contribution in [0.2, 0.25) is 0 Å². The highest BCUT2D eigenvalue weighted by molar-refractivity contribution is 7.89. The molecule has 0 bridgehead atoms. The molecule has 0 amide bonds. The summed E-state index contributed by atoms with van der Waals surface area (Å²) in [6.45, 7) is 1.97. The Balaban J connectivity index is 1.69. The lowest BCUT2D eigenvalue weighted by Gasteiger charge is -2.18. The van der Waals surface area contributed by atoms with Crippen molar-refractivity contribution in [2.75, 3.05) is 5.32 Å². The second-order valence-corrected chi connectivity index (χ2v) is 8.46. The minimum atomic E-state index is -3.74. The molecule has 0 saturated heterocycles. The van der Waals surface area contributed by atoms with E-state index in [4.69, 9.17) is 15.1 Å². The van der Waals surface area contributed by atoms with Gasteiger partial charge in [-0.05, 0) is 56.0 Å². The second-order valence-electron chi connectivity index (χ2n) is 6.90. The first kappa shape index (κ1) is 18.5. The number of hydrogen-bond acceptors (Lipinski definition) is 6. The highest BCUT2D eigenvalue weighted by atomic mass is 32.2. The maximum Gasteiger partial charge on any atom is 0.238 e. The number of rotatable bonds is 5. The average molecular weight is 395 g/mol. The number of hydrogen-bond donors (Lipinski definition) is 2. The Kier molecular flexibility index (Phi) is 4.82. The van der Waals surface area contributed by atoms with Crippen LogP contribution in [0.4, 0.5) is 5.82 Å². The number of nitrogens with zero attached hydrogens (tertiary/aromatic N) is 3. The molecular weight excluding hydrogens is 374 g/mol. The van der Waals surface area contributed by atoms with Crippen LogP contribution in [0, 0.1) is 0 Å². The number of aromatic nitrogens is 3. The van der Waals surface area contributed by atoms with Gasteiger partial charge >= 0.3 is 0 Å². The van der Waals surface area contributed by atoms with Crippen LogP contribution in [-0.2, 0) is 22.9 Å². The number of benzene rings is 1. The van der Waals surface area contributed by atoms with Crippen molar-refractivity contribution in [1.29, 1.82) is 0 Å². The topological polar surface area (TPSA) is 111 Å². The van der Waals surface area contributed by atoms with Crippen molar-refractivity contribution in [3.8, 4) is 11.4 Å². The summed E-state index contributed by atoms with van der Waals surface area (Å²) in [5, 5.41) is 8.70. The van der Waals surface area contributed by atoms with E-state index in [1.54, 1.807) is 24.5 Å². The first-order valence-corrected chi connectivity index (χ1v) is 10.7. The van der Waals surface area contributed by atoms with Gasteiger partial charge in [0.05, 0.1) is 4.90 Å². The zero-order valence-electron chi connectivity index (χ0n) is 15.5. The molecule has 1 aliphatic carbocycles. The Labute approximate surface area is 164 Å². The van der Waals surface area contributed by atoms with Gasteiger partial charge in [-0.25, -0.2) is 23.5 Å². The number of sulfonamides is 1. The average Bonchev–Trinajstić information content (AvgIpc) is 3.17. The fourth-order valence-corrected chi connectivity index (χ4v) is 3.99. The van der Waals surface area contributed by atoms with Crippen LogP contribution >= 0.6 is 0 Å². The molecule has 0 spiro atoms. The van der Waals surface area contributed by atoms with Crippen molar-refractivity contribution >= 4 is 15.8 Å². The van der Waals surface area contributed by atoms with Gasteiger partial charge in [0.2, 0.25) is 10.0 Å². The van der Waals surface area contributed by atoms with Crippen molar-refractivity contribution in [3.63, 3.8) is 0 Å². The van der Waals surface area contributed by atoms with Gasteiger partial charge in [0.15, 0.2) is 5.82 Å². The van der Waals surface area contributed by atoms with Crippen molar-refractivity contribution in [2.45, 2.75) is 37.1 Å². The molecule has 1 aliphatic rings. The summed E-state index contributed by atoms with van der Waals surface area (Å²) in [6, 6.07) is 10.3. The summed E-state index contributed by atoms with van der Waals surface area (Å²) in [5.74, 6) is 1.43. The van der Waals surface area contributed by atoms with Gasteiger partial charge in [0.25, 0.3) is 0 Å². The molecule has 2 aromatic heterocycles. The van der Waals surface area contributed by atoms with Crippen molar-refractivity contribution in [1.82, 2.24) is 15.0 Å². The molecule has 4 rings (SSSR count). The third-order valence-electron chi connectivity index (χ3n) is 4.89. The van der Waals surface area contributed by atoms with E-state index in [0.29, 0.717) is 5.82 Å². The summed E-state index contributed by atoms with van der Waals surface area (Å²) in [4.78, 5) is 13.7. The largest absolute Gasteiger partial charge is 0.363 e. The summed E-state index contributed by atoms with van der Waals surface area (Å²) >= 11 is 0. The molecule has 0 aliphatic heterocycles. The van der Waals surface area contributed by atoms with Crippen LogP contribution in [0.15, 0.2) is 53.7 Å². The van der Waals surface area contributed by atoms with Gasteiger partial charge in [-0.3, -0.25) is 4.98 Å². The molecule has 7 nitrogen and oxygen atoms in total. The number of nitrogens with one attached hydrogen (secondary N) is 1. The molecule has 0 radical (unpaired) electrons. The van der Waals surface area contributed by atoms with Crippen LogP contribution in [0.5, 0.6) is 0 Å². The number of anilines is 1.